The minimum atomic E-state index is -4.18. The minimum Gasteiger partial charge on any atom is -0.366 e. The summed E-state index contributed by atoms with van der Waals surface area (Å²) in [5.41, 5.74) is -0.804. The smallest absolute Gasteiger partial charge is 0.267 e. The fourth-order valence-corrected chi connectivity index (χ4v) is 3.73. The monoisotopic (exact) mass is 328 g/mol. The quantitative estimate of drug-likeness (QED) is 0.852. The Morgan fingerprint density at radius 2 is 1.67 bits per heavy atom. The first-order valence-corrected chi connectivity index (χ1v) is 9.08. The van der Waals surface area contributed by atoms with Gasteiger partial charge in [0.1, 0.15) is 0 Å². The summed E-state index contributed by atoms with van der Waals surface area (Å²) < 4.78 is 49.8. The molecule has 7 nitrogen and oxygen atoms in total. The Kier molecular flexibility index (Phi) is 3.88. The lowest BCUT2D eigenvalue weighted by Crippen LogP contribution is -2.21. The fraction of sp³-hybridized carbons (Fsp3) is 0.0833. The van der Waals surface area contributed by atoms with Crippen LogP contribution in [-0.4, -0.2) is 28.1 Å². The highest BCUT2D eigenvalue weighted by Gasteiger charge is 2.21. The molecule has 0 aliphatic heterocycles. The highest BCUT2D eigenvalue weighted by molar-refractivity contribution is 7.93. The molecule has 1 heterocycles. The SMILES string of the molecule is CS(=O)(=O)c1ccccc1NS(=O)(=O)c1c[nH]ccc1=O. The molecule has 21 heavy (non-hydrogen) atoms. The Hall–Kier alpha value is -2.13. The topological polar surface area (TPSA) is 113 Å². The molecule has 0 atom stereocenters. The van der Waals surface area contributed by atoms with Gasteiger partial charge in [0, 0.05) is 24.7 Å². The van der Waals surface area contributed by atoms with E-state index in [4.69, 9.17) is 0 Å². The van der Waals surface area contributed by atoms with Crippen molar-refractivity contribution in [3.8, 4) is 0 Å². The summed E-state index contributed by atoms with van der Waals surface area (Å²) in [6.45, 7) is 0. The standard InChI is InChI=1S/C12H12N2O5S2/c1-20(16,17)11-5-3-2-4-9(11)14-21(18,19)12-8-13-7-6-10(12)15/h2-8,14H,1H3,(H,13,15). The van der Waals surface area contributed by atoms with Crippen molar-refractivity contribution in [2.24, 2.45) is 0 Å². The molecule has 0 radical (unpaired) electrons. The lowest BCUT2D eigenvalue weighted by atomic mass is 10.3. The van der Waals surface area contributed by atoms with Gasteiger partial charge in [0.05, 0.1) is 10.6 Å². The molecule has 1 aromatic carbocycles. The highest BCUT2D eigenvalue weighted by Crippen LogP contribution is 2.22. The first-order valence-electron chi connectivity index (χ1n) is 5.71. The van der Waals surface area contributed by atoms with Crippen LogP contribution in [0.1, 0.15) is 0 Å². The van der Waals surface area contributed by atoms with Gasteiger partial charge in [-0.25, -0.2) is 16.8 Å². The number of H-pyrrole nitrogens is 1. The maximum Gasteiger partial charge on any atom is 0.267 e. The summed E-state index contributed by atoms with van der Waals surface area (Å²) in [5.74, 6) is 0. The summed E-state index contributed by atoms with van der Waals surface area (Å²) in [4.78, 5) is 13.4. The van der Waals surface area contributed by atoms with Gasteiger partial charge in [0.25, 0.3) is 10.0 Å². The van der Waals surface area contributed by atoms with Gasteiger partial charge in [-0.2, -0.15) is 0 Å². The van der Waals surface area contributed by atoms with Gasteiger partial charge in [-0.15, -0.1) is 0 Å². The molecule has 0 saturated carbocycles. The summed E-state index contributed by atoms with van der Waals surface area (Å²) in [5, 5.41) is 0. The average Bonchev–Trinajstić information content (AvgIpc) is 2.38. The number of hydrogen-bond donors (Lipinski definition) is 2. The third-order valence-corrected chi connectivity index (χ3v) is 5.15. The van der Waals surface area contributed by atoms with Gasteiger partial charge in [-0.3, -0.25) is 9.52 Å². The number of benzene rings is 1. The lowest BCUT2D eigenvalue weighted by Gasteiger charge is -2.10. The molecule has 0 saturated heterocycles. The summed E-state index contributed by atoms with van der Waals surface area (Å²) in [6, 6.07) is 6.62. The van der Waals surface area contributed by atoms with E-state index in [2.05, 4.69) is 9.71 Å². The van der Waals surface area contributed by atoms with E-state index >= 15 is 0 Å². The predicted molar refractivity (Wildman–Crippen MR) is 77.4 cm³/mol. The summed E-state index contributed by atoms with van der Waals surface area (Å²) in [6.07, 6.45) is 3.30. The van der Waals surface area contributed by atoms with Gasteiger partial charge >= 0.3 is 0 Å². The maximum atomic E-state index is 12.2. The number of sulfonamides is 1. The van der Waals surface area contributed by atoms with Crippen molar-refractivity contribution in [1.82, 2.24) is 4.98 Å². The van der Waals surface area contributed by atoms with E-state index in [1.807, 2.05) is 0 Å². The summed E-state index contributed by atoms with van der Waals surface area (Å²) >= 11 is 0. The van der Waals surface area contributed by atoms with Crippen LogP contribution < -0.4 is 10.2 Å². The molecule has 0 aliphatic carbocycles. The number of pyridine rings is 1. The van der Waals surface area contributed by atoms with Crippen LogP contribution in [0.3, 0.4) is 0 Å². The molecule has 0 spiro atoms. The average molecular weight is 328 g/mol. The molecule has 112 valence electrons. The number of sulfone groups is 1. The zero-order chi connectivity index (χ0) is 15.7. The van der Waals surface area contributed by atoms with Crippen molar-refractivity contribution >= 4 is 25.5 Å². The second-order valence-electron chi connectivity index (χ2n) is 4.25. The molecular weight excluding hydrogens is 316 g/mol. The lowest BCUT2D eigenvalue weighted by molar-refractivity contribution is 0.600. The number of para-hydroxylation sites is 1. The van der Waals surface area contributed by atoms with Crippen LogP contribution in [0.4, 0.5) is 5.69 Å². The Bertz CT molecular complexity index is 930. The van der Waals surface area contributed by atoms with Crippen molar-refractivity contribution < 1.29 is 16.8 Å². The van der Waals surface area contributed by atoms with Crippen LogP contribution in [0.5, 0.6) is 0 Å². The molecule has 0 unspecified atom stereocenters. The Morgan fingerprint density at radius 1 is 1.00 bits per heavy atom. The molecule has 0 fully saturated rings. The van der Waals surface area contributed by atoms with Crippen molar-refractivity contribution in [1.29, 1.82) is 0 Å². The van der Waals surface area contributed by atoms with Gasteiger partial charge in [0.15, 0.2) is 14.7 Å². The molecule has 9 heteroatoms. The van der Waals surface area contributed by atoms with Crippen LogP contribution in [0, 0.1) is 0 Å². The number of nitrogens with one attached hydrogen (secondary N) is 2. The van der Waals surface area contributed by atoms with Gasteiger partial charge in [-0.1, -0.05) is 12.1 Å². The van der Waals surface area contributed by atoms with Crippen molar-refractivity contribution in [2.45, 2.75) is 9.79 Å². The number of aromatic amines is 1. The third-order valence-electron chi connectivity index (χ3n) is 2.61. The summed E-state index contributed by atoms with van der Waals surface area (Å²) in [7, 11) is -7.80. The number of rotatable bonds is 4. The second-order valence-corrected chi connectivity index (χ2v) is 7.88. The Labute approximate surface area is 121 Å². The number of anilines is 1. The molecule has 2 rings (SSSR count). The highest BCUT2D eigenvalue weighted by atomic mass is 32.2. The second kappa shape index (κ2) is 5.34. The first kappa shape index (κ1) is 15.3. The van der Waals surface area contributed by atoms with Crippen LogP contribution in [-0.2, 0) is 19.9 Å². The van der Waals surface area contributed by atoms with Crippen LogP contribution in [0.2, 0.25) is 0 Å². The predicted octanol–water partition coefficient (Wildman–Crippen LogP) is 0.579. The number of aromatic nitrogens is 1. The van der Waals surface area contributed by atoms with Gasteiger partial charge in [-0.05, 0) is 12.1 Å². The van der Waals surface area contributed by atoms with Crippen molar-refractivity contribution in [3.05, 3.63) is 52.9 Å². The normalized spacial score (nSPS) is 12.0. The molecule has 1 aromatic heterocycles. The molecule has 0 bridgehead atoms. The molecule has 0 amide bonds. The van der Waals surface area contributed by atoms with Crippen molar-refractivity contribution in [3.63, 3.8) is 0 Å². The van der Waals surface area contributed by atoms with Crippen molar-refractivity contribution in [2.75, 3.05) is 11.0 Å². The van der Waals surface area contributed by atoms with E-state index in [1.54, 1.807) is 0 Å². The molecule has 2 aromatic rings. The van der Waals surface area contributed by atoms with E-state index in [9.17, 15) is 21.6 Å². The Balaban J connectivity index is 2.54. The van der Waals surface area contributed by atoms with Crippen LogP contribution in [0.25, 0.3) is 0 Å². The Morgan fingerprint density at radius 3 is 2.29 bits per heavy atom. The van der Waals surface area contributed by atoms with Gasteiger partial charge in [0.2, 0.25) is 5.43 Å². The zero-order valence-corrected chi connectivity index (χ0v) is 12.5. The fourth-order valence-electron chi connectivity index (χ4n) is 1.68. The van der Waals surface area contributed by atoms with E-state index < -0.39 is 30.2 Å². The maximum absolute atomic E-state index is 12.2. The molecular formula is C12H12N2O5S2. The molecule has 2 N–H and O–H groups in total. The van der Waals surface area contributed by atoms with E-state index in [-0.39, 0.29) is 10.6 Å². The van der Waals surface area contributed by atoms with E-state index in [1.165, 1.54) is 30.5 Å². The van der Waals surface area contributed by atoms with Gasteiger partial charge < -0.3 is 4.98 Å². The zero-order valence-electron chi connectivity index (χ0n) is 10.9. The first-order chi connectivity index (χ1) is 9.72. The third kappa shape index (κ3) is 3.31. The van der Waals surface area contributed by atoms with Crippen LogP contribution in [0.15, 0.2) is 57.3 Å². The van der Waals surface area contributed by atoms with Crippen LogP contribution >= 0.6 is 0 Å². The number of hydrogen-bond acceptors (Lipinski definition) is 5. The van der Waals surface area contributed by atoms with E-state index in [0.29, 0.717) is 0 Å². The minimum absolute atomic E-state index is 0.108. The largest absolute Gasteiger partial charge is 0.366 e. The van der Waals surface area contributed by atoms with E-state index in [0.717, 1.165) is 18.5 Å². The molecule has 0 aliphatic rings.